The van der Waals surface area contributed by atoms with Gasteiger partial charge in [0.25, 0.3) is 0 Å². The summed E-state index contributed by atoms with van der Waals surface area (Å²) in [7, 11) is 1.76. The van der Waals surface area contributed by atoms with Gasteiger partial charge in [0.1, 0.15) is 12.4 Å². The number of aryl methyl sites for hydroxylation is 1. The first-order chi connectivity index (χ1) is 9.60. The molecule has 20 heavy (non-hydrogen) atoms. The Bertz CT molecular complexity index is 674. The van der Waals surface area contributed by atoms with Gasteiger partial charge in [0.2, 0.25) is 5.82 Å². The van der Waals surface area contributed by atoms with Gasteiger partial charge in [0.05, 0.1) is 10.5 Å². The van der Waals surface area contributed by atoms with Crippen LogP contribution in [0.1, 0.15) is 11.4 Å². The number of pyridine rings is 1. The molecule has 102 valence electrons. The van der Waals surface area contributed by atoms with Crippen molar-refractivity contribution in [2.45, 2.75) is 6.42 Å². The van der Waals surface area contributed by atoms with Crippen molar-refractivity contribution < 1.29 is 4.92 Å². The molecule has 2 heterocycles. The number of anilines is 1. The molecule has 0 bridgehead atoms. The highest BCUT2D eigenvalue weighted by Crippen LogP contribution is 2.22. The van der Waals surface area contributed by atoms with Crippen LogP contribution in [0, 0.1) is 21.4 Å². The van der Waals surface area contributed by atoms with E-state index in [1.54, 1.807) is 18.1 Å². The fraction of sp³-hybridized carbons (Fsp3) is 0.273. The largest absolute Gasteiger partial charge is 0.364 e. The molecule has 1 N–H and O–H groups in total. The Labute approximate surface area is 114 Å². The predicted molar refractivity (Wildman–Crippen MR) is 68.8 cm³/mol. The van der Waals surface area contributed by atoms with E-state index >= 15 is 0 Å². The van der Waals surface area contributed by atoms with Gasteiger partial charge >= 0.3 is 5.69 Å². The zero-order valence-electron chi connectivity index (χ0n) is 10.6. The Balaban J connectivity index is 2.05. The van der Waals surface area contributed by atoms with Gasteiger partial charge < -0.3 is 5.32 Å². The third kappa shape index (κ3) is 3.05. The molecule has 2 aromatic rings. The van der Waals surface area contributed by atoms with E-state index in [2.05, 4.69) is 20.4 Å². The summed E-state index contributed by atoms with van der Waals surface area (Å²) in [6, 6.07) is 3.01. The van der Waals surface area contributed by atoms with Crippen LogP contribution >= 0.6 is 0 Å². The zero-order valence-corrected chi connectivity index (χ0v) is 10.6. The maximum Gasteiger partial charge on any atom is 0.312 e. The standard InChI is InChI=1S/C11H11N7O2/c1-17-7-15-10(16-17)2-3-13-11-9(18(19)20)4-8(5-12)6-14-11/h4,6-7H,2-3H2,1H3,(H,13,14). The van der Waals surface area contributed by atoms with E-state index < -0.39 is 4.92 Å². The van der Waals surface area contributed by atoms with Gasteiger partial charge in [0, 0.05) is 32.3 Å². The maximum absolute atomic E-state index is 10.9. The van der Waals surface area contributed by atoms with Crippen LogP contribution in [0.25, 0.3) is 0 Å². The van der Waals surface area contributed by atoms with E-state index in [0.29, 0.717) is 18.8 Å². The molecule has 0 atom stereocenters. The number of hydrogen-bond donors (Lipinski definition) is 1. The fourth-order valence-corrected chi connectivity index (χ4v) is 1.58. The average molecular weight is 273 g/mol. The predicted octanol–water partition coefficient (Wildman–Crippen LogP) is 0.645. The highest BCUT2D eigenvalue weighted by Gasteiger charge is 2.16. The lowest BCUT2D eigenvalue weighted by Crippen LogP contribution is -2.09. The van der Waals surface area contributed by atoms with Gasteiger partial charge in [-0.25, -0.2) is 9.97 Å². The minimum atomic E-state index is -0.574. The third-order valence-electron chi connectivity index (χ3n) is 2.48. The number of aromatic nitrogens is 4. The molecule has 0 amide bonds. The van der Waals surface area contributed by atoms with Crippen molar-refractivity contribution in [3.05, 3.63) is 40.1 Å². The Morgan fingerprint density at radius 2 is 2.35 bits per heavy atom. The number of rotatable bonds is 5. The van der Waals surface area contributed by atoms with E-state index in [1.807, 2.05) is 6.07 Å². The first-order valence-corrected chi connectivity index (χ1v) is 5.73. The monoisotopic (exact) mass is 273 g/mol. The Morgan fingerprint density at radius 1 is 1.55 bits per heavy atom. The molecule has 2 aromatic heterocycles. The van der Waals surface area contributed by atoms with Crippen LogP contribution in [0.5, 0.6) is 0 Å². The molecule has 0 saturated heterocycles. The van der Waals surface area contributed by atoms with E-state index in [4.69, 9.17) is 5.26 Å². The molecule has 9 nitrogen and oxygen atoms in total. The van der Waals surface area contributed by atoms with Crippen LogP contribution < -0.4 is 5.32 Å². The van der Waals surface area contributed by atoms with Crippen LogP contribution in [-0.4, -0.2) is 31.2 Å². The summed E-state index contributed by atoms with van der Waals surface area (Å²) in [5.41, 5.74) is -0.0772. The van der Waals surface area contributed by atoms with Gasteiger partial charge in [-0.2, -0.15) is 10.4 Å². The molecular formula is C11H11N7O2. The molecular weight excluding hydrogens is 262 g/mol. The van der Waals surface area contributed by atoms with Crippen LogP contribution in [0.15, 0.2) is 18.6 Å². The van der Waals surface area contributed by atoms with Gasteiger partial charge in [-0.3, -0.25) is 14.8 Å². The molecule has 2 rings (SSSR count). The summed E-state index contributed by atoms with van der Waals surface area (Å²) in [6.45, 7) is 0.407. The molecule has 9 heteroatoms. The SMILES string of the molecule is Cn1cnc(CCNc2ncc(C#N)cc2[N+](=O)[O-])n1. The van der Waals surface area contributed by atoms with Crippen molar-refractivity contribution >= 4 is 11.5 Å². The highest BCUT2D eigenvalue weighted by atomic mass is 16.6. The summed E-state index contributed by atoms with van der Waals surface area (Å²) >= 11 is 0. The molecule has 0 unspecified atom stereocenters. The molecule has 0 fully saturated rings. The summed E-state index contributed by atoms with van der Waals surface area (Å²) in [5.74, 6) is 0.765. The van der Waals surface area contributed by atoms with Crippen molar-refractivity contribution in [2.75, 3.05) is 11.9 Å². The Kier molecular flexibility index (Phi) is 3.85. The lowest BCUT2D eigenvalue weighted by Gasteiger charge is -2.04. The summed E-state index contributed by atoms with van der Waals surface area (Å²) in [6.07, 6.45) is 3.38. The number of nitrogens with zero attached hydrogens (tertiary/aromatic N) is 6. The topological polar surface area (TPSA) is 123 Å². The second-order valence-electron chi connectivity index (χ2n) is 3.97. The molecule has 0 radical (unpaired) electrons. The van der Waals surface area contributed by atoms with Gasteiger partial charge in [-0.15, -0.1) is 0 Å². The number of nitriles is 1. The van der Waals surface area contributed by atoms with Gasteiger partial charge in [-0.05, 0) is 0 Å². The molecule has 0 saturated carbocycles. The minimum absolute atomic E-state index is 0.130. The van der Waals surface area contributed by atoms with E-state index in [9.17, 15) is 10.1 Å². The van der Waals surface area contributed by atoms with Crippen molar-refractivity contribution in [1.82, 2.24) is 19.7 Å². The van der Waals surface area contributed by atoms with Gasteiger partial charge in [-0.1, -0.05) is 0 Å². The zero-order chi connectivity index (χ0) is 14.5. The normalized spacial score (nSPS) is 10.0. The summed E-state index contributed by atoms with van der Waals surface area (Å²) in [5, 5.41) is 26.6. The first kappa shape index (κ1) is 13.4. The Morgan fingerprint density at radius 3 is 2.95 bits per heavy atom. The molecule has 0 spiro atoms. The smallest absolute Gasteiger partial charge is 0.312 e. The quantitative estimate of drug-likeness (QED) is 0.626. The summed E-state index contributed by atoms with van der Waals surface area (Å²) in [4.78, 5) is 18.3. The number of hydrogen-bond acceptors (Lipinski definition) is 7. The third-order valence-corrected chi connectivity index (χ3v) is 2.48. The Hall–Kier alpha value is -3.02. The highest BCUT2D eigenvalue weighted by molar-refractivity contribution is 5.58. The number of nitrogens with one attached hydrogen (secondary N) is 1. The average Bonchev–Trinajstić information content (AvgIpc) is 2.84. The van der Waals surface area contributed by atoms with E-state index in [1.165, 1.54) is 12.3 Å². The van der Waals surface area contributed by atoms with Gasteiger partial charge in [0.15, 0.2) is 5.82 Å². The lowest BCUT2D eigenvalue weighted by molar-refractivity contribution is -0.384. The van der Waals surface area contributed by atoms with Crippen LogP contribution in [0.3, 0.4) is 0 Å². The summed E-state index contributed by atoms with van der Waals surface area (Å²) < 4.78 is 1.58. The van der Waals surface area contributed by atoms with Crippen molar-refractivity contribution in [1.29, 1.82) is 5.26 Å². The first-order valence-electron chi connectivity index (χ1n) is 5.73. The van der Waals surface area contributed by atoms with Crippen molar-refractivity contribution in [3.8, 4) is 6.07 Å². The van der Waals surface area contributed by atoms with Crippen LogP contribution in [0.4, 0.5) is 11.5 Å². The second-order valence-corrected chi connectivity index (χ2v) is 3.97. The maximum atomic E-state index is 10.9. The van der Waals surface area contributed by atoms with E-state index in [-0.39, 0.29) is 17.1 Å². The fourth-order valence-electron chi connectivity index (χ4n) is 1.58. The molecule has 0 aromatic carbocycles. The van der Waals surface area contributed by atoms with E-state index in [0.717, 1.165) is 0 Å². The van der Waals surface area contributed by atoms with Crippen molar-refractivity contribution in [2.24, 2.45) is 7.05 Å². The molecule has 0 aliphatic rings. The molecule has 0 aliphatic heterocycles. The lowest BCUT2D eigenvalue weighted by atomic mass is 10.2. The van der Waals surface area contributed by atoms with Crippen molar-refractivity contribution in [3.63, 3.8) is 0 Å². The second kappa shape index (κ2) is 5.75. The minimum Gasteiger partial charge on any atom is -0.364 e. The van der Waals surface area contributed by atoms with Crippen LogP contribution in [-0.2, 0) is 13.5 Å². The molecule has 0 aliphatic carbocycles. The van der Waals surface area contributed by atoms with Crippen LogP contribution in [0.2, 0.25) is 0 Å². The number of nitro groups is 1.